The molecule has 29 heavy (non-hydrogen) atoms. The third-order valence-electron chi connectivity index (χ3n) is 6.18. The van der Waals surface area contributed by atoms with Crippen LogP contribution in [-0.2, 0) is 0 Å². The molecule has 150 valence electrons. The standard InChI is InChI=1S/C24H26ClN3O/c1-16-6-3-11-22(17(16)2)27-24(29)23-14-26-15-28(23)21-10-5-8-19(13-21)18-7-4-9-20(25)12-18/h4-5,7-10,12-17,22H,3,6,11H2,1-2H3,(H,27,29)/t16-,17-,22+/m1/s1. The van der Waals surface area contributed by atoms with E-state index in [0.717, 1.165) is 29.7 Å². The van der Waals surface area contributed by atoms with Gasteiger partial charge in [0, 0.05) is 16.8 Å². The number of nitrogens with zero attached hydrogens (tertiary/aromatic N) is 2. The number of hydrogen-bond donors (Lipinski definition) is 1. The summed E-state index contributed by atoms with van der Waals surface area (Å²) in [4.78, 5) is 17.3. The van der Waals surface area contributed by atoms with E-state index in [1.165, 1.54) is 6.42 Å². The maximum atomic E-state index is 13.0. The number of amides is 1. The molecular weight excluding hydrogens is 382 g/mol. The van der Waals surface area contributed by atoms with Gasteiger partial charge in [-0.05, 0) is 53.6 Å². The summed E-state index contributed by atoms with van der Waals surface area (Å²) < 4.78 is 1.85. The molecule has 1 aliphatic carbocycles. The summed E-state index contributed by atoms with van der Waals surface area (Å²) in [5.74, 6) is 1.05. The lowest BCUT2D eigenvalue weighted by Crippen LogP contribution is -2.44. The summed E-state index contributed by atoms with van der Waals surface area (Å²) >= 11 is 6.15. The number of imidazole rings is 1. The Balaban J connectivity index is 1.59. The van der Waals surface area contributed by atoms with Gasteiger partial charge in [-0.15, -0.1) is 0 Å². The maximum absolute atomic E-state index is 13.0. The molecule has 0 aliphatic heterocycles. The van der Waals surface area contributed by atoms with E-state index in [-0.39, 0.29) is 11.9 Å². The second-order valence-corrected chi connectivity index (χ2v) is 8.49. The van der Waals surface area contributed by atoms with Gasteiger partial charge in [0.2, 0.25) is 0 Å². The van der Waals surface area contributed by atoms with Gasteiger partial charge in [0.1, 0.15) is 5.69 Å². The molecule has 1 aromatic heterocycles. The van der Waals surface area contributed by atoms with Crippen LogP contribution in [0.4, 0.5) is 0 Å². The number of benzene rings is 2. The van der Waals surface area contributed by atoms with Gasteiger partial charge >= 0.3 is 0 Å². The Morgan fingerprint density at radius 2 is 1.86 bits per heavy atom. The van der Waals surface area contributed by atoms with Crippen molar-refractivity contribution in [1.29, 1.82) is 0 Å². The average molecular weight is 408 g/mol. The Bertz CT molecular complexity index is 1010. The van der Waals surface area contributed by atoms with Crippen molar-refractivity contribution in [2.45, 2.75) is 39.2 Å². The molecule has 1 fully saturated rings. The molecule has 4 rings (SSSR count). The topological polar surface area (TPSA) is 46.9 Å². The predicted octanol–water partition coefficient (Wildman–Crippen LogP) is 5.75. The van der Waals surface area contributed by atoms with Crippen molar-refractivity contribution in [3.8, 4) is 16.8 Å². The molecule has 1 saturated carbocycles. The monoisotopic (exact) mass is 407 g/mol. The summed E-state index contributed by atoms with van der Waals surface area (Å²) in [6.07, 6.45) is 6.77. The van der Waals surface area contributed by atoms with Gasteiger partial charge in [-0.3, -0.25) is 9.36 Å². The molecule has 0 saturated heterocycles. The highest BCUT2D eigenvalue weighted by Crippen LogP contribution is 2.30. The number of rotatable bonds is 4. The van der Waals surface area contributed by atoms with E-state index in [9.17, 15) is 4.79 Å². The summed E-state index contributed by atoms with van der Waals surface area (Å²) in [5, 5.41) is 3.95. The van der Waals surface area contributed by atoms with Crippen molar-refractivity contribution >= 4 is 17.5 Å². The zero-order valence-electron chi connectivity index (χ0n) is 16.8. The molecule has 0 radical (unpaired) electrons. The van der Waals surface area contributed by atoms with Gasteiger partial charge in [-0.2, -0.15) is 0 Å². The zero-order chi connectivity index (χ0) is 20.4. The molecular formula is C24H26ClN3O. The van der Waals surface area contributed by atoms with Crippen molar-refractivity contribution < 1.29 is 4.79 Å². The fraction of sp³-hybridized carbons (Fsp3) is 0.333. The predicted molar refractivity (Wildman–Crippen MR) is 117 cm³/mol. The van der Waals surface area contributed by atoms with E-state index in [2.05, 4.69) is 30.2 Å². The molecule has 4 nitrogen and oxygen atoms in total. The quantitative estimate of drug-likeness (QED) is 0.598. The van der Waals surface area contributed by atoms with Crippen LogP contribution in [0.3, 0.4) is 0 Å². The molecule has 2 aromatic carbocycles. The number of carbonyl (C=O) groups is 1. The first-order chi connectivity index (χ1) is 14.0. The molecule has 0 spiro atoms. The Morgan fingerprint density at radius 1 is 1.10 bits per heavy atom. The molecule has 1 N–H and O–H groups in total. The number of halogens is 1. The van der Waals surface area contributed by atoms with Gasteiger partial charge in [0.05, 0.1) is 12.5 Å². The van der Waals surface area contributed by atoms with Crippen molar-refractivity contribution in [3.05, 3.63) is 71.8 Å². The summed E-state index contributed by atoms with van der Waals surface area (Å²) in [6, 6.07) is 16.0. The Labute approximate surface area is 176 Å². The third kappa shape index (κ3) is 4.23. The van der Waals surface area contributed by atoms with Crippen LogP contribution in [0.1, 0.15) is 43.6 Å². The van der Waals surface area contributed by atoms with Gasteiger partial charge < -0.3 is 5.32 Å². The van der Waals surface area contributed by atoms with Gasteiger partial charge in [0.25, 0.3) is 5.91 Å². The minimum Gasteiger partial charge on any atom is -0.348 e. The molecule has 3 aromatic rings. The minimum absolute atomic E-state index is 0.0680. The van der Waals surface area contributed by atoms with Crippen molar-refractivity contribution in [1.82, 2.24) is 14.9 Å². The summed E-state index contributed by atoms with van der Waals surface area (Å²) in [7, 11) is 0. The lowest BCUT2D eigenvalue weighted by molar-refractivity contribution is 0.0884. The van der Waals surface area contributed by atoms with Gasteiger partial charge in [-0.25, -0.2) is 4.98 Å². The number of aromatic nitrogens is 2. The van der Waals surface area contributed by atoms with Crippen LogP contribution < -0.4 is 5.32 Å². The van der Waals surface area contributed by atoms with Crippen LogP contribution in [-0.4, -0.2) is 21.5 Å². The van der Waals surface area contributed by atoms with Crippen molar-refractivity contribution in [2.24, 2.45) is 11.8 Å². The van der Waals surface area contributed by atoms with Gasteiger partial charge in [0.15, 0.2) is 0 Å². The minimum atomic E-state index is -0.0680. The Morgan fingerprint density at radius 3 is 2.66 bits per heavy atom. The second kappa shape index (κ2) is 8.42. The maximum Gasteiger partial charge on any atom is 0.270 e. The smallest absolute Gasteiger partial charge is 0.270 e. The largest absolute Gasteiger partial charge is 0.348 e. The highest BCUT2D eigenvalue weighted by Gasteiger charge is 2.29. The zero-order valence-corrected chi connectivity index (χ0v) is 17.6. The first-order valence-corrected chi connectivity index (χ1v) is 10.6. The molecule has 5 heteroatoms. The lowest BCUT2D eigenvalue weighted by atomic mass is 9.78. The molecule has 3 atom stereocenters. The fourth-order valence-electron chi connectivity index (χ4n) is 4.20. The van der Waals surface area contributed by atoms with Crippen molar-refractivity contribution in [3.63, 3.8) is 0 Å². The first-order valence-electron chi connectivity index (χ1n) is 10.2. The van der Waals surface area contributed by atoms with E-state index in [4.69, 9.17) is 11.6 Å². The number of nitrogens with one attached hydrogen (secondary N) is 1. The van der Waals surface area contributed by atoms with E-state index in [1.807, 2.05) is 47.0 Å². The van der Waals surface area contributed by atoms with E-state index >= 15 is 0 Å². The van der Waals surface area contributed by atoms with Gasteiger partial charge in [-0.1, -0.05) is 62.6 Å². The summed E-state index contributed by atoms with van der Waals surface area (Å²) in [6.45, 7) is 4.51. The third-order valence-corrected chi connectivity index (χ3v) is 6.41. The lowest BCUT2D eigenvalue weighted by Gasteiger charge is -2.34. The Kier molecular flexibility index (Phi) is 5.72. The van der Waals surface area contributed by atoms with E-state index in [1.54, 1.807) is 12.5 Å². The molecule has 0 bridgehead atoms. The molecule has 1 aliphatic rings. The molecule has 0 unspecified atom stereocenters. The molecule has 1 heterocycles. The number of carbonyl (C=O) groups excluding carboxylic acids is 1. The van der Waals surface area contributed by atoms with E-state index in [0.29, 0.717) is 22.6 Å². The highest BCUT2D eigenvalue weighted by molar-refractivity contribution is 6.30. The second-order valence-electron chi connectivity index (χ2n) is 8.06. The SMILES string of the molecule is C[C@@H]1[C@H](C)CCC[C@@H]1NC(=O)c1cncn1-c1cccc(-c2cccc(Cl)c2)c1. The Hall–Kier alpha value is -2.59. The van der Waals surface area contributed by atoms with Crippen LogP contribution in [0.2, 0.25) is 5.02 Å². The highest BCUT2D eigenvalue weighted by atomic mass is 35.5. The first kappa shape index (κ1) is 19.7. The fourth-order valence-corrected chi connectivity index (χ4v) is 4.39. The average Bonchev–Trinajstić information content (AvgIpc) is 3.22. The van der Waals surface area contributed by atoms with Crippen LogP contribution in [0.25, 0.3) is 16.8 Å². The van der Waals surface area contributed by atoms with Crippen LogP contribution >= 0.6 is 11.6 Å². The van der Waals surface area contributed by atoms with Crippen LogP contribution in [0.5, 0.6) is 0 Å². The van der Waals surface area contributed by atoms with E-state index < -0.39 is 0 Å². The van der Waals surface area contributed by atoms with Crippen LogP contribution in [0, 0.1) is 11.8 Å². The normalized spacial score (nSPS) is 21.7. The molecule has 1 amide bonds. The summed E-state index contributed by atoms with van der Waals surface area (Å²) in [5.41, 5.74) is 3.53. The van der Waals surface area contributed by atoms with Crippen molar-refractivity contribution in [2.75, 3.05) is 0 Å². The van der Waals surface area contributed by atoms with Crippen LogP contribution in [0.15, 0.2) is 61.1 Å². The number of hydrogen-bond acceptors (Lipinski definition) is 2.